The third-order valence-electron chi connectivity index (χ3n) is 2.00. The Kier molecular flexibility index (Phi) is 3.24. The molecular weight excluding hydrogens is 182 g/mol. The zero-order valence-corrected chi connectivity index (χ0v) is 8.61. The molecule has 0 aromatic carbocycles. The monoisotopic (exact) mass is 197 g/mol. The summed E-state index contributed by atoms with van der Waals surface area (Å²) in [7, 11) is 1.78. The van der Waals surface area contributed by atoms with Crippen LogP contribution in [0.3, 0.4) is 0 Å². The smallest absolute Gasteiger partial charge is 0.272 e. The number of aliphatic hydroxyl groups excluding tert-OH is 1. The van der Waals surface area contributed by atoms with Gasteiger partial charge in [-0.3, -0.25) is 9.48 Å². The minimum Gasteiger partial charge on any atom is -0.394 e. The third kappa shape index (κ3) is 2.32. The Hall–Kier alpha value is -1.36. The van der Waals surface area contributed by atoms with E-state index in [0.717, 1.165) is 5.69 Å². The maximum absolute atomic E-state index is 11.5. The molecule has 14 heavy (non-hydrogen) atoms. The summed E-state index contributed by atoms with van der Waals surface area (Å²) in [6.45, 7) is 3.53. The van der Waals surface area contributed by atoms with Gasteiger partial charge < -0.3 is 10.4 Å². The fourth-order valence-electron chi connectivity index (χ4n) is 1.01. The standard InChI is InChI=1S/C9H15N3O2/c1-6(5-13)10-9(14)8-4-7(2)12(3)11-8/h4,6,13H,5H2,1-3H3,(H,10,14)/t6-/m1/s1. The zero-order chi connectivity index (χ0) is 10.7. The molecule has 1 rings (SSSR count). The molecule has 5 heteroatoms. The molecule has 1 heterocycles. The van der Waals surface area contributed by atoms with Crippen LogP contribution in [0.2, 0.25) is 0 Å². The van der Waals surface area contributed by atoms with Gasteiger partial charge in [0, 0.05) is 18.8 Å². The van der Waals surface area contributed by atoms with Crippen LogP contribution in [0.4, 0.5) is 0 Å². The van der Waals surface area contributed by atoms with Gasteiger partial charge in [0.1, 0.15) is 5.69 Å². The van der Waals surface area contributed by atoms with Crippen molar-refractivity contribution in [1.82, 2.24) is 15.1 Å². The summed E-state index contributed by atoms with van der Waals surface area (Å²) >= 11 is 0. The molecule has 0 aliphatic carbocycles. The Morgan fingerprint density at radius 2 is 2.43 bits per heavy atom. The highest BCUT2D eigenvalue weighted by molar-refractivity contribution is 5.92. The molecule has 0 spiro atoms. The van der Waals surface area contributed by atoms with Gasteiger partial charge in [0.25, 0.3) is 5.91 Å². The largest absolute Gasteiger partial charge is 0.394 e. The number of carbonyl (C=O) groups is 1. The number of hydrogen-bond donors (Lipinski definition) is 2. The van der Waals surface area contributed by atoms with Gasteiger partial charge in [-0.05, 0) is 19.9 Å². The first-order valence-electron chi connectivity index (χ1n) is 4.47. The van der Waals surface area contributed by atoms with Crippen molar-refractivity contribution in [3.63, 3.8) is 0 Å². The van der Waals surface area contributed by atoms with Crippen LogP contribution < -0.4 is 5.32 Å². The zero-order valence-electron chi connectivity index (χ0n) is 8.61. The lowest BCUT2D eigenvalue weighted by Crippen LogP contribution is -2.35. The summed E-state index contributed by atoms with van der Waals surface area (Å²) in [5, 5.41) is 15.4. The van der Waals surface area contributed by atoms with Crippen LogP contribution >= 0.6 is 0 Å². The van der Waals surface area contributed by atoms with Crippen LogP contribution in [0.5, 0.6) is 0 Å². The number of nitrogens with one attached hydrogen (secondary N) is 1. The Morgan fingerprint density at radius 1 is 1.79 bits per heavy atom. The summed E-state index contributed by atoms with van der Waals surface area (Å²) in [4.78, 5) is 11.5. The van der Waals surface area contributed by atoms with E-state index in [-0.39, 0.29) is 18.6 Å². The van der Waals surface area contributed by atoms with Gasteiger partial charge in [0.2, 0.25) is 0 Å². The molecule has 0 aliphatic heterocycles. The van der Waals surface area contributed by atoms with Gasteiger partial charge in [0.15, 0.2) is 0 Å². The number of nitrogens with zero attached hydrogens (tertiary/aromatic N) is 2. The van der Waals surface area contributed by atoms with E-state index >= 15 is 0 Å². The van der Waals surface area contributed by atoms with Crippen LogP contribution in [0.15, 0.2) is 6.07 Å². The quantitative estimate of drug-likeness (QED) is 0.707. The van der Waals surface area contributed by atoms with E-state index in [0.29, 0.717) is 5.69 Å². The maximum atomic E-state index is 11.5. The van der Waals surface area contributed by atoms with Crippen LogP contribution in [0.25, 0.3) is 0 Å². The second-order valence-electron chi connectivity index (χ2n) is 3.35. The fraction of sp³-hybridized carbons (Fsp3) is 0.556. The highest BCUT2D eigenvalue weighted by Gasteiger charge is 2.12. The Labute approximate surface area is 82.7 Å². The number of aromatic nitrogens is 2. The molecule has 1 amide bonds. The molecule has 0 unspecified atom stereocenters. The topological polar surface area (TPSA) is 67.2 Å². The number of carbonyl (C=O) groups excluding carboxylic acids is 1. The molecule has 1 aromatic heterocycles. The van der Waals surface area contributed by atoms with E-state index < -0.39 is 0 Å². The van der Waals surface area contributed by atoms with Crippen molar-refractivity contribution in [2.75, 3.05) is 6.61 Å². The van der Waals surface area contributed by atoms with E-state index in [2.05, 4.69) is 10.4 Å². The molecule has 0 bridgehead atoms. The molecule has 5 nitrogen and oxygen atoms in total. The number of rotatable bonds is 3. The molecule has 0 saturated heterocycles. The van der Waals surface area contributed by atoms with Crippen molar-refractivity contribution in [3.8, 4) is 0 Å². The highest BCUT2D eigenvalue weighted by Crippen LogP contribution is 2.01. The van der Waals surface area contributed by atoms with Crippen molar-refractivity contribution in [2.45, 2.75) is 19.9 Å². The maximum Gasteiger partial charge on any atom is 0.272 e. The number of aryl methyl sites for hydroxylation is 2. The lowest BCUT2D eigenvalue weighted by molar-refractivity contribution is 0.0916. The van der Waals surface area contributed by atoms with Crippen molar-refractivity contribution < 1.29 is 9.90 Å². The third-order valence-corrected chi connectivity index (χ3v) is 2.00. The second-order valence-corrected chi connectivity index (χ2v) is 3.35. The molecule has 0 fully saturated rings. The second kappa shape index (κ2) is 4.23. The summed E-state index contributed by atoms with van der Waals surface area (Å²) in [6.07, 6.45) is 0. The minimum absolute atomic E-state index is 0.0719. The van der Waals surface area contributed by atoms with Gasteiger partial charge in [-0.15, -0.1) is 0 Å². The Bertz CT molecular complexity index is 313. The van der Waals surface area contributed by atoms with E-state index in [9.17, 15) is 4.79 Å². The summed E-state index contributed by atoms with van der Waals surface area (Å²) in [6, 6.07) is 1.46. The number of amides is 1. The fourth-order valence-corrected chi connectivity index (χ4v) is 1.01. The summed E-state index contributed by atoms with van der Waals surface area (Å²) < 4.78 is 1.64. The van der Waals surface area contributed by atoms with Crippen LogP contribution in [-0.4, -0.2) is 33.4 Å². The molecule has 78 valence electrons. The predicted molar refractivity (Wildman–Crippen MR) is 52.0 cm³/mol. The van der Waals surface area contributed by atoms with Gasteiger partial charge in [-0.25, -0.2) is 0 Å². The van der Waals surface area contributed by atoms with Gasteiger partial charge in [-0.2, -0.15) is 5.10 Å². The normalized spacial score (nSPS) is 12.6. The average Bonchev–Trinajstić information content (AvgIpc) is 2.47. The first-order chi connectivity index (χ1) is 6.54. The van der Waals surface area contributed by atoms with E-state index in [1.54, 1.807) is 24.7 Å². The molecule has 1 aromatic rings. The van der Waals surface area contributed by atoms with E-state index in [1.165, 1.54) is 0 Å². The summed E-state index contributed by atoms with van der Waals surface area (Å²) in [5.41, 5.74) is 1.30. The van der Waals surface area contributed by atoms with Crippen LogP contribution in [-0.2, 0) is 7.05 Å². The van der Waals surface area contributed by atoms with Crippen molar-refractivity contribution in [3.05, 3.63) is 17.5 Å². The molecule has 0 radical (unpaired) electrons. The first kappa shape index (κ1) is 10.7. The van der Waals surface area contributed by atoms with Gasteiger partial charge in [0.05, 0.1) is 6.61 Å². The Balaban J connectivity index is 2.70. The van der Waals surface area contributed by atoms with Crippen molar-refractivity contribution in [2.24, 2.45) is 7.05 Å². The SMILES string of the molecule is Cc1cc(C(=O)N[C@H](C)CO)nn1C. The number of aliphatic hydroxyl groups is 1. The van der Waals surface area contributed by atoms with E-state index in [1.807, 2.05) is 6.92 Å². The lowest BCUT2D eigenvalue weighted by Gasteiger charge is -2.08. The molecule has 2 N–H and O–H groups in total. The average molecular weight is 197 g/mol. The van der Waals surface area contributed by atoms with Crippen LogP contribution in [0.1, 0.15) is 23.1 Å². The van der Waals surface area contributed by atoms with Gasteiger partial charge >= 0.3 is 0 Å². The summed E-state index contributed by atoms with van der Waals surface area (Å²) in [5.74, 6) is -0.254. The van der Waals surface area contributed by atoms with Crippen molar-refractivity contribution in [1.29, 1.82) is 0 Å². The van der Waals surface area contributed by atoms with Crippen LogP contribution in [0, 0.1) is 6.92 Å². The first-order valence-corrected chi connectivity index (χ1v) is 4.47. The molecule has 0 aliphatic rings. The van der Waals surface area contributed by atoms with Crippen molar-refractivity contribution >= 4 is 5.91 Å². The Morgan fingerprint density at radius 3 is 2.86 bits per heavy atom. The molecule has 1 atom stereocenters. The molecular formula is C9H15N3O2. The predicted octanol–water partition coefficient (Wildman–Crippen LogP) is -0.161. The van der Waals surface area contributed by atoms with E-state index in [4.69, 9.17) is 5.11 Å². The van der Waals surface area contributed by atoms with Gasteiger partial charge in [-0.1, -0.05) is 0 Å². The number of hydrogen-bond acceptors (Lipinski definition) is 3. The molecule has 0 saturated carbocycles. The lowest BCUT2D eigenvalue weighted by atomic mass is 10.3. The highest BCUT2D eigenvalue weighted by atomic mass is 16.3. The minimum atomic E-state index is -0.254.